The van der Waals surface area contributed by atoms with Crippen molar-refractivity contribution in [2.24, 2.45) is 0 Å². The molecule has 6 nitrogen and oxygen atoms in total. The van der Waals surface area contributed by atoms with Crippen molar-refractivity contribution in [3.05, 3.63) is 24.3 Å². The maximum atomic E-state index is 12.3. The highest BCUT2D eigenvalue weighted by molar-refractivity contribution is 5.99. The molecular formula is C17H24N4O2. The van der Waals surface area contributed by atoms with Crippen LogP contribution in [0, 0.1) is 0 Å². The van der Waals surface area contributed by atoms with Gasteiger partial charge in [-0.2, -0.15) is 0 Å². The van der Waals surface area contributed by atoms with Gasteiger partial charge in [0.25, 0.3) is 0 Å². The van der Waals surface area contributed by atoms with Crippen molar-refractivity contribution < 1.29 is 9.59 Å². The number of carbonyl (C=O) groups is 2. The predicted molar refractivity (Wildman–Crippen MR) is 90.6 cm³/mol. The van der Waals surface area contributed by atoms with E-state index < -0.39 is 0 Å². The van der Waals surface area contributed by atoms with Crippen LogP contribution >= 0.6 is 0 Å². The minimum Gasteiger partial charge on any atom is -0.369 e. The fraction of sp³-hybridized carbons (Fsp3) is 0.529. The van der Waals surface area contributed by atoms with Crippen LogP contribution in [0.1, 0.15) is 12.8 Å². The quantitative estimate of drug-likeness (QED) is 0.904. The zero-order chi connectivity index (χ0) is 16.4. The first-order valence-electron chi connectivity index (χ1n) is 8.14. The third-order valence-corrected chi connectivity index (χ3v) is 4.80. The Labute approximate surface area is 137 Å². The van der Waals surface area contributed by atoms with Gasteiger partial charge in [-0.05, 0) is 37.7 Å². The molecule has 6 heteroatoms. The first-order valence-corrected chi connectivity index (χ1v) is 8.14. The van der Waals surface area contributed by atoms with Crippen LogP contribution in [0.25, 0.3) is 0 Å². The minimum absolute atomic E-state index is 0.0376. The molecule has 124 valence electrons. The van der Waals surface area contributed by atoms with Crippen LogP contribution in [0.5, 0.6) is 0 Å². The number of nitrogens with one attached hydrogen (secondary N) is 1. The number of piperazine rings is 1. The molecule has 3 rings (SSSR count). The van der Waals surface area contributed by atoms with Gasteiger partial charge in [0.1, 0.15) is 6.04 Å². The first-order chi connectivity index (χ1) is 11.0. The first kappa shape index (κ1) is 15.8. The van der Waals surface area contributed by atoms with Gasteiger partial charge in [0.15, 0.2) is 0 Å². The van der Waals surface area contributed by atoms with Crippen LogP contribution in [0.15, 0.2) is 24.3 Å². The standard InChI is InChI=1S/C17H24N4O2/c1-19-9-11-21(12-10-19)14-5-3-13(4-6-14)18-17(23)15-7-8-16(22)20(15)2/h3-6,15H,7-12H2,1-2H3,(H,18,23). The molecule has 1 N–H and O–H groups in total. The summed E-state index contributed by atoms with van der Waals surface area (Å²) < 4.78 is 0. The van der Waals surface area contributed by atoms with Gasteiger partial charge in [0.2, 0.25) is 11.8 Å². The van der Waals surface area contributed by atoms with Crippen molar-refractivity contribution in [2.45, 2.75) is 18.9 Å². The number of carbonyl (C=O) groups excluding carboxylic acids is 2. The third kappa shape index (κ3) is 3.47. The van der Waals surface area contributed by atoms with Gasteiger partial charge in [-0.1, -0.05) is 0 Å². The number of nitrogens with zero attached hydrogens (tertiary/aromatic N) is 3. The molecule has 2 amide bonds. The van der Waals surface area contributed by atoms with E-state index in [4.69, 9.17) is 0 Å². The van der Waals surface area contributed by atoms with Crippen molar-refractivity contribution in [3.63, 3.8) is 0 Å². The summed E-state index contributed by atoms with van der Waals surface area (Å²) in [5.74, 6) is -0.0683. The fourth-order valence-corrected chi connectivity index (χ4v) is 3.16. The number of likely N-dealkylation sites (N-methyl/N-ethyl adjacent to an activating group) is 2. The number of amides is 2. The molecule has 1 aromatic rings. The lowest BCUT2D eigenvalue weighted by atomic mass is 10.2. The lowest BCUT2D eigenvalue weighted by Gasteiger charge is -2.34. The van der Waals surface area contributed by atoms with Gasteiger partial charge in [0.05, 0.1) is 0 Å². The van der Waals surface area contributed by atoms with Gasteiger partial charge in [-0.3, -0.25) is 9.59 Å². The monoisotopic (exact) mass is 316 g/mol. The summed E-state index contributed by atoms with van der Waals surface area (Å²) in [5, 5.41) is 2.91. The number of rotatable bonds is 3. The van der Waals surface area contributed by atoms with Gasteiger partial charge >= 0.3 is 0 Å². The van der Waals surface area contributed by atoms with Crippen molar-refractivity contribution >= 4 is 23.2 Å². The summed E-state index contributed by atoms with van der Waals surface area (Å²) in [6.07, 6.45) is 1.05. The van der Waals surface area contributed by atoms with Gasteiger partial charge in [-0.25, -0.2) is 0 Å². The second-order valence-electron chi connectivity index (χ2n) is 6.39. The molecule has 2 saturated heterocycles. The van der Waals surface area contributed by atoms with Crippen molar-refractivity contribution in [1.29, 1.82) is 0 Å². The Hall–Kier alpha value is -2.08. The van der Waals surface area contributed by atoms with Crippen LogP contribution in [-0.4, -0.2) is 67.9 Å². The SMILES string of the molecule is CN1CCN(c2ccc(NC(=O)C3CCC(=O)N3C)cc2)CC1. The van der Waals surface area contributed by atoms with Gasteiger partial charge < -0.3 is 20.0 Å². The molecule has 1 aromatic carbocycles. The molecule has 2 aliphatic heterocycles. The second-order valence-corrected chi connectivity index (χ2v) is 6.39. The van der Waals surface area contributed by atoms with Crippen LogP contribution in [-0.2, 0) is 9.59 Å². The molecule has 0 saturated carbocycles. The minimum atomic E-state index is -0.347. The van der Waals surface area contributed by atoms with E-state index in [1.165, 1.54) is 10.6 Å². The van der Waals surface area contributed by atoms with E-state index in [2.05, 4.69) is 22.2 Å². The molecule has 1 unspecified atom stereocenters. The summed E-state index contributed by atoms with van der Waals surface area (Å²) in [4.78, 5) is 30.0. The largest absolute Gasteiger partial charge is 0.369 e. The van der Waals surface area contributed by atoms with Gasteiger partial charge in [-0.15, -0.1) is 0 Å². The molecule has 1 atom stereocenters. The molecule has 0 aliphatic carbocycles. The highest BCUT2D eigenvalue weighted by Crippen LogP contribution is 2.21. The summed E-state index contributed by atoms with van der Waals surface area (Å²) in [6, 6.07) is 7.61. The highest BCUT2D eigenvalue weighted by atomic mass is 16.2. The number of hydrogen-bond donors (Lipinski definition) is 1. The highest BCUT2D eigenvalue weighted by Gasteiger charge is 2.33. The maximum absolute atomic E-state index is 12.3. The average Bonchev–Trinajstić information content (AvgIpc) is 2.89. The Morgan fingerprint density at radius 1 is 1.09 bits per heavy atom. The summed E-state index contributed by atoms with van der Waals surface area (Å²) in [6.45, 7) is 4.19. The Balaban J connectivity index is 1.59. The Bertz CT molecular complexity index is 579. The smallest absolute Gasteiger partial charge is 0.247 e. The fourth-order valence-electron chi connectivity index (χ4n) is 3.16. The summed E-state index contributed by atoms with van der Waals surface area (Å²) in [7, 11) is 3.83. The zero-order valence-electron chi connectivity index (χ0n) is 13.8. The molecule has 23 heavy (non-hydrogen) atoms. The maximum Gasteiger partial charge on any atom is 0.247 e. The Morgan fingerprint density at radius 2 is 1.74 bits per heavy atom. The van der Waals surface area contributed by atoms with E-state index in [1.807, 2.05) is 24.3 Å². The zero-order valence-corrected chi connectivity index (χ0v) is 13.8. The van der Waals surface area contributed by atoms with E-state index in [-0.39, 0.29) is 17.9 Å². The van der Waals surface area contributed by atoms with Crippen molar-refractivity contribution in [1.82, 2.24) is 9.80 Å². The van der Waals surface area contributed by atoms with Crippen molar-refractivity contribution in [2.75, 3.05) is 50.5 Å². The lowest BCUT2D eigenvalue weighted by molar-refractivity contribution is -0.131. The molecule has 2 aliphatic rings. The normalized spacial score (nSPS) is 22.5. The van der Waals surface area contributed by atoms with Crippen LogP contribution in [0.2, 0.25) is 0 Å². The van der Waals surface area contributed by atoms with E-state index >= 15 is 0 Å². The molecular weight excluding hydrogens is 292 g/mol. The Morgan fingerprint density at radius 3 is 2.30 bits per heavy atom. The third-order valence-electron chi connectivity index (χ3n) is 4.80. The van der Waals surface area contributed by atoms with Crippen LogP contribution in [0.4, 0.5) is 11.4 Å². The molecule has 2 heterocycles. The van der Waals surface area contributed by atoms with E-state index in [0.717, 1.165) is 31.9 Å². The number of benzene rings is 1. The molecule has 0 bridgehead atoms. The molecule has 0 spiro atoms. The lowest BCUT2D eigenvalue weighted by Crippen LogP contribution is -2.44. The molecule has 0 aromatic heterocycles. The Kier molecular flexibility index (Phi) is 4.52. The molecule has 2 fully saturated rings. The van der Waals surface area contributed by atoms with Gasteiger partial charge in [0, 0.05) is 51.0 Å². The average molecular weight is 316 g/mol. The van der Waals surface area contributed by atoms with Crippen LogP contribution < -0.4 is 10.2 Å². The second kappa shape index (κ2) is 6.58. The summed E-state index contributed by atoms with van der Waals surface area (Å²) in [5.41, 5.74) is 1.96. The summed E-state index contributed by atoms with van der Waals surface area (Å²) >= 11 is 0. The number of hydrogen-bond acceptors (Lipinski definition) is 4. The number of likely N-dealkylation sites (tertiary alicyclic amines) is 1. The topological polar surface area (TPSA) is 55.9 Å². The molecule has 0 radical (unpaired) electrons. The van der Waals surface area contributed by atoms with Crippen molar-refractivity contribution in [3.8, 4) is 0 Å². The predicted octanol–water partition coefficient (Wildman–Crippen LogP) is 0.998. The van der Waals surface area contributed by atoms with Crippen LogP contribution in [0.3, 0.4) is 0 Å². The van der Waals surface area contributed by atoms with E-state index in [0.29, 0.717) is 12.8 Å². The van der Waals surface area contributed by atoms with E-state index in [9.17, 15) is 9.59 Å². The number of anilines is 2. The van der Waals surface area contributed by atoms with E-state index in [1.54, 1.807) is 7.05 Å².